The summed E-state index contributed by atoms with van der Waals surface area (Å²) in [5, 5.41) is 19.8. The zero-order chi connectivity index (χ0) is 20.0. The summed E-state index contributed by atoms with van der Waals surface area (Å²) in [6.07, 6.45) is 5.70. The number of nitrogens with zero attached hydrogens (tertiary/aromatic N) is 4. The van der Waals surface area contributed by atoms with Gasteiger partial charge in [-0.2, -0.15) is 0 Å². The number of benzene rings is 1. The normalized spacial score (nSPS) is 20.2. The minimum Gasteiger partial charge on any atom is -0.504 e. The first-order chi connectivity index (χ1) is 14.2. The number of aromatic nitrogens is 1. The number of nitrogens with two attached hydrogens (primary N) is 1. The molecular formula is C22H23N5O2. The van der Waals surface area contributed by atoms with E-state index in [0.29, 0.717) is 35.2 Å². The van der Waals surface area contributed by atoms with E-state index < -0.39 is 0 Å². The highest BCUT2D eigenvalue weighted by atomic mass is 16.4. The smallest absolute Gasteiger partial charge is 0.183 e. The molecule has 2 aromatic heterocycles. The first-order valence-corrected chi connectivity index (χ1v) is 9.92. The summed E-state index contributed by atoms with van der Waals surface area (Å²) in [7, 11) is 0. The number of fused-ring (bicyclic) bond motifs is 2. The summed E-state index contributed by atoms with van der Waals surface area (Å²) in [5.74, 6) is 1.08. The van der Waals surface area contributed by atoms with Crippen LogP contribution >= 0.6 is 0 Å². The Hall–Kier alpha value is -3.03. The Labute approximate surface area is 168 Å². The highest BCUT2D eigenvalue weighted by Gasteiger charge is 2.26. The van der Waals surface area contributed by atoms with E-state index in [0.717, 1.165) is 48.2 Å². The van der Waals surface area contributed by atoms with Crippen LogP contribution in [0, 0.1) is 6.92 Å². The van der Waals surface area contributed by atoms with Gasteiger partial charge in [0.2, 0.25) is 0 Å². The molecule has 2 aliphatic heterocycles. The van der Waals surface area contributed by atoms with E-state index in [2.05, 4.69) is 27.0 Å². The van der Waals surface area contributed by atoms with Crippen LogP contribution in [-0.2, 0) is 6.54 Å². The molecule has 0 aliphatic carbocycles. The maximum atomic E-state index is 10.8. The van der Waals surface area contributed by atoms with Crippen molar-refractivity contribution in [1.82, 2.24) is 9.88 Å². The van der Waals surface area contributed by atoms with Crippen LogP contribution in [0.5, 0.6) is 5.75 Å². The highest BCUT2D eigenvalue weighted by molar-refractivity contribution is 5.94. The molecule has 3 N–H and O–H groups in total. The predicted octanol–water partition coefficient (Wildman–Crippen LogP) is 4.36. The van der Waals surface area contributed by atoms with Crippen molar-refractivity contribution >= 4 is 28.6 Å². The summed E-state index contributed by atoms with van der Waals surface area (Å²) in [4.78, 5) is 6.61. The molecule has 0 spiro atoms. The maximum Gasteiger partial charge on any atom is 0.183 e. The van der Waals surface area contributed by atoms with Crippen molar-refractivity contribution < 1.29 is 9.52 Å². The molecule has 29 heavy (non-hydrogen) atoms. The van der Waals surface area contributed by atoms with Crippen molar-refractivity contribution in [1.29, 1.82) is 0 Å². The second kappa shape index (κ2) is 7.09. The Morgan fingerprint density at radius 1 is 1.31 bits per heavy atom. The number of aromatic hydroxyl groups is 1. The van der Waals surface area contributed by atoms with E-state index in [4.69, 9.17) is 10.2 Å². The number of likely N-dealkylation sites (tertiary alicyclic amines) is 1. The van der Waals surface area contributed by atoms with Gasteiger partial charge in [-0.25, -0.2) is 4.98 Å². The van der Waals surface area contributed by atoms with Gasteiger partial charge in [-0.3, -0.25) is 4.90 Å². The predicted molar refractivity (Wildman–Crippen MR) is 112 cm³/mol. The molecule has 1 fully saturated rings. The lowest BCUT2D eigenvalue weighted by Crippen LogP contribution is -2.35. The molecule has 5 rings (SSSR count). The van der Waals surface area contributed by atoms with Gasteiger partial charge in [0, 0.05) is 42.5 Å². The first kappa shape index (κ1) is 18.0. The quantitative estimate of drug-likeness (QED) is 0.690. The van der Waals surface area contributed by atoms with Gasteiger partial charge >= 0.3 is 0 Å². The van der Waals surface area contributed by atoms with E-state index in [-0.39, 0.29) is 5.75 Å². The van der Waals surface area contributed by atoms with Crippen molar-refractivity contribution in [3.05, 3.63) is 52.9 Å². The number of pyridine rings is 1. The molecule has 3 aromatic rings. The SMILES string of the molecule is Cc1ccc2c(O)c(C=C3N=Nc4ncccc43)oc2c1CN1CCCC1CN. The summed E-state index contributed by atoms with van der Waals surface area (Å²) < 4.78 is 6.16. The van der Waals surface area contributed by atoms with Crippen molar-refractivity contribution in [2.75, 3.05) is 13.1 Å². The van der Waals surface area contributed by atoms with Gasteiger partial charge in [0.25, 0.3) is 0 Å². The molecule has 4 heterocycles. The van der Waals surface area contributed by atoms with Crippen molar-refractivity contribution in [3.8, 4) is 5.75 Å². The van der Waals surface area contributed by atoms with Gasteiger partial charge in [0.05, 0.1) is 5.39 Å². The minimum atomic E-state index is 0.123. The van der Waals surface area contributed by atoms with Gasteiger partial charge in [0.15, 0.2) is 17.3 Å². The fraction of sp³-hybridized carbons (Fsp3) is 0.318. The Bertz CT molecular complexity index is 1150. The van der Waals surface area contributed by atoms with Gasteiger partial charge < -0.3 is 15.3 Å². The second-order valence-electron chi connectivity index (χ2n) is 7.66. The molecule has 2 aliphatic rings. The molecule has 1 unspecified atom stereocenters. The minimum absolute atomic E-state index is 0.123. The van der Waals surface area contributed by atoms with E-state index in [1.54, 1.807) is 12.3 Å². The Morgan fingerprint density at radius 3 is 3.07 bits per heavy atom. The summed E-state index contributed by atoms with van der Waals surface area (Å²) in [5.41, 5.74) is 10.4. The van der Waals surface area contributed by atoms with Crippen molar-refractivity contribution in [2.24, 2.45) is 16.0 Å². The van der Waals surface area contributed by atoms with Gasteiger partial charge in [-0.1, -0.05) is 6.07 Å². The third-order valence-electron chi connectivity index (χ3n) is 5.91. The molecule has 1 atom stereocenters. The van der Waals surface area contributed by atoms with Crippen LogP contribution in [0.2, 0.25) is 0 Å². The third kappa shape index (κ3) is 3.03. The van der Waals surface area contributed by atoms with Gasteiger partial charge in [-0.05, 0) is 50.1 Å². The fourth-order valence-corrected chi connectivity index (χ4v) is 4.25. The van der Waals surface area contributed by atoms with Crippen LogP contribution in [0.3, 0.4) is 0 Å². The molecular weight excluding hydrogens is 366 g/mol. The first-order valence-electron chi connectivity index (χ1n) is 9.92. The lowest BCUT2D eigenvalue weighted by Gasteiger charge is -2.24. The molecule has 1 saturated heterocycles. The average molecular weight is 389 g/mol. The highest BCUT2D eigenvalue weighted by Crippen LogP contribution is 2.40. The standard InChI is InChI=1S/C22H23N5O2/c1-13-6-7-16-20(28)19(10-18-15-5-2-8-24-22(15)26-25-18)29-21(16)17(13)12-27-9-3-4-14(27)11-23/h2,5-8,10,14,28H,3-4,9,11-12,23H2,1H3. The molecule has 7 nitrogen and oxygen atoms in total. The van der Waals surface area contributed by atoms with E-state index in [9.17, 15) is 5.11 Å². The molecule has 0 saturated carbocycles. The number of hydrogen-bond donors (Lipinski definition) is 2. The van der Waals surface area contributed by atoms with Crippen molar-refractivity contribution in [2.45, 2.75) is 32.4 Å². The number of aryl methyl sites for hydroxylation is 1. The summed E-state index contributed by atoms with van der Waals surface area (Å²) >= 11 is 0. The Morgan fingerprint density at radius 2 is 2.21 bits per heavy atom. The Balaban J connectivity index is 1.57. The fourth-order valence-electron chi connectivity index (χ4n) is 4.25. The molecule has 0 amide bonds. The van der Waals surface area contributed by atoms with E-state index in [1.807, 2.05) is 24.3 Å². The van der Waals surface area contributed by atoms with Crippen molar-refractivity contribution in [3.63, 3.8) is 0 Å². The molecule has 0 radical (unpaired) electrons. The monoisotopic (exact) mass is 389 g/mol. The zero-order valence-corrected chi connectivity index (χ0v) is 16.3. The maximum absolute atomic E-state index is 10.8. The molecule has 1 aromatic carbocycles. The number of rotatable bonds is 4. The Kier molecular flexibility index (Phi) is 4.41. The lowest BCUT2D eigenvalue weighted by atomic mass is 10.0. The summed E-state index contributed by atoms with van der Waals surface area (Å²) in [6.45, 7) is 4.53. The molecule has 0 bridgehead atoms. The average Bonchev–Trinajstić information content (AvgIpc) is 3.43. The van der Waals surface area contributed by atoms with Crippen LogP contribution in [0.4, 0.5) is 5.82 Å². The van der Waals surface area contributed by atoms with E-state index >= 15 is 0 Å². The number of furan rings is 1. The summed E-state index contributed by atoms with van der Waals surface area (Å²) in [6, 6.07) is 8.09. The topological polar surface area (TPSA) is 100 Å². The van der Waals surface area contributed by atoms with Crippen LogP contribution < -0.4 is 5.73 Å². The zero-order valence-electron chi connectivity index (χ0n) is 16.3. The van der Waals surface area contributed by atoms with E-state index in [1.165, 1.54) is 0 Å². The third-order valence-corrected chi connectivity index (χ3v) is 5.91. The largest absolute Gasteiger partial charge is 0.504 e. The van der Waals surface area contributed by atoms with Gasteiger partial charge in [-0.15, -0.1) is 10.2 Å². The van der Waals surface area contributed by atoms with Crippen LogP contribution in [0.25, 0.3) is 22.7 Å². The molecule has 148 valence electrons. The van der Waals surface area contributed by atoms with Crippen LogP contribution in [0.15, 0.2) is 45.1 Å². The van der Waals surface area contributed by atoms with Crippen LogP contribution in [-0.4, -0.2) is 34.1 Å². The van der Waals surface area contributed by atoms with Gasteiger partial charge in [0.1, 0.15) is 11.3 Å². The lowest BCUT2D eigenvalue weighted by molar-refractivity contribution is 0.250. The molecule has 7 heteroatoms. The number of hydrogen-bond acceptors (Lipinski definition) is 7. The second-order valence-corrected chi connectivity index (χ2v) is 7.66. The number of azo groups is 1. The van der Waals surface area contributed by atoms with Crippen LogP contribution in [0.1, 0.15) is 35.3 Å².